The molecule has 0 aliphatic carbocycles. The quantitative estimate of drug-likeness (QED) is 0.867. The van der Waals surface area contributed by atoms with Gasteiger partial charge in [0.15, 0.2) is 0 Å². The molecule has 1 heterocycles. The van der Waals surface area contributed by atoms with E-state index in [-0.39, 0.29) is 0 Å². The van der Waals surface area contributed by atoms with Gasteiger partial charge < -0.3 is 5.11 Å². The summed E-state index contributed by atoms with van der Waals surface area (Å²) < 4.78 is 1.00. The zero-order chi connectivity index (χ0) is 11.7. The number of hydrogen-bond donors (Lipinski definition) is 1. The van der Waals surface area contributed by atoms with Crippen LogP contribution in [0, 0.1) is 0 Å². The summed E-state index contributed by atoms with van der Waals surface area (Å²) in [6.07, 6.45) is 0.765. The third-order valence-electron chi connectivity index (χ3n) is 2.57. The van der Waals surface area contributed by atoms with Crippen LogP contribution in [0.15, 0.2) is 30.8 Å². The lowest BCUT2D eigenvalue weighted by Crippen LogP contribution is -1.96. The molecule has 0 bridgehead atoms. The zero-order valence-electron chi connectivity index (χ0n) is 8.99. The number of rotatable bonds is 3. The fraction of sp³-hybridized carbons (Fsp3) is 0.154. The molecule has 1 aromatic carbocycles. The summed E-state index contributed by atoms with van der Waals surface area (Å²) >= 11 is 1.32. The first-order valence-corrected chi connectivity index (χ1v) is 5.89. The summed E-state index contributed by atoms with van der Waals surface area (Å²) in [6.45, 7) is 5.94. The van der Waals surface area contributed by atoms with Gasteiger partial charge in [-0.15, -0.1) is 11.3 Å². The normalized spacial score (nSPS) is 10.6. The van der Waals surface area contributed by atoms with Crippen molar-refractivity contribution in [1.82, 2.24) is 0 Å². The van der Waals surface area contributed by atoms with Crippen molar-refractivity contribution in [3.05, 3.63) is 41.3 Å². The Morgan fingerprint density at radius 3 is 2.75 bits per heavy atom. The van der Waals surface area contributed by atoms with Crippen molar-refractivity contribution in [3.63, 3.8) is 0 Å². The highest BCUT2D eigenvalue weighted by Gasteiger charge is 2.18. The Morgan fingerprint density at radius 2 is 2.12 bits per heavy atom. The minimum Gasteiger partial charge on any atom is -0.477 e. The number of carboxylic acids is 1. The van der Waals surface area contributed by atoms with E-state index in [9.17, 15) is 9.90 Å². The van der Waals surface area contributed by atoms with Gasteiger partial charge in [-0.25, -0.2) is 4.79 Å². The number of benzene rings is 1. The van der Waals surface area contributed by atoms with Crippen molar-refractivity contribution in [2.24, 2.45) is 0 Å². The molecule has 0 atom stereocenters. The molecule has 0 spiro atoms. The topological polar surface area (TPSA) is 37.3 Å². The van der Waals surface area contributed by atoms with Crippen LogP contribution in [0.25, 0.3) is 15.7 Å². The largest absolute Gasteiger partial charge is 0.477 e. The fourth-order valence-corrected chi connectivity index (χ4v) is 2.81. The second kappa shape index (κ2) is 4.10. The van der Waals surface area contributed by atoms with Gasteiger partial charge in [0.25, 0.3) is 0 Å². The predicted octanol–water partition coefficient (Wildman–Crippen LogP) is 4.02. The van der Waals surface area contributed by atoms with Crippen LogP contribution in [0.5, 0.6) is 0 Å². The molecular weight excluding hydrogens is 220 g/mol. The summed E-state index contributed by atoms with van der Waals surface area (Å²) in [5.41, 5.74) is 1.69. The van der Waals surface area contributed by atoms with Gasteiger partial charge in [0.2, 0.25) is 0 Å². The first-order valence-electron chi connectivity index (χ1n) is 5.08. The van der Waals surface area contributed by atoms with Crippen molar-refractivity contribution in [2.45, 2.75) is 13.3 Å². The molecule has 0 unspecified atom stereocenters. The summed E-state index contributed by atoms with van der Waals surface area (Å²) in [7, 11) is 0. The zero-order valence-corrected chi connectivity index (χ0v) is 9.80. The van der Waals surface area contributed by atoms with E-state index in [1.54, 1.807) is 0 Å². The molecule has 2 aromatic rings. The van der Waals surface area contributed by atoms with Gasteiger partial charge in [-0.2, -0.15) is 0 Å². The number of thiophene rings is 1. The summed E-state index contributed by atoms with van der Waals surface area (Å²) in [4.78, 5) is 11.6. The van der Waals surface area contributed by atoms with E-state index in [1.807, 2.05) is 31.2 Å². The Labute approximate surface area is 97.8 Å². The third-order valence-corrected chi connectivity index (χ3v) is 3.73. The molecular formula is C13H12O2S. The highest BCUT2D eigenvalue weighted by molar-refractivity contribution is 7.21. The third kappa shape index (κ3) is 1.63. The van der Waals surface area contributed by atoms with E-state index >= 15 is 0 Å². The second-order valence-corrected chi connectivity index (χ2v) is 4.62. The summed E-state index contributed by atoms with van der Waals surface area (Å²) in [6, 6.07) is 7.74. The Kier molecular flexibility index (Phi) is 2.79. The molecule has 0 fully saturated rings. The summed E-state index contributed by atoms with van der Waals surface area (Å²) in [5.74, 6) is -0.870. The standard InChI is InChI=1S/C13H12O2S/c1-3-8(2)11-9-6-4-5-7-10(9)16-12(11)13(14)15/h4-7H,2-3H2,1H3,(H,14,15). The maximum atomic E-state index is 11.2. The predicted molar refractivity (Wildman–Crippen MR) is 68.1 cm³/mol. The van der Waals surface area contributed by atoms with Crippen molar-refractivity contribution >= 4 is 33.0 Å². The molecule has 0 aliphatic rings. The van der Waals surface area contributed by atoms with Crippen LogP contribution < -0.4 is 0 Å². The SMILES string of the molecule is C=C(CC)c1c(C(=O)O)sc2ccccc12. The molecule has 1 aromatic heterocycles. The van der Waals surface area contributed by atoms with E-state index < -0.39 is 5.97 Å². The Balaban J connectivity index is 2.79. The summed E-state index contributed by atoms with van der Waals surface area (Å²) in [5, 5.41) is 10.2. The molecule has 16 heavy (non-hydrogen) atoms. The minimum atomic E-state index is -0.870. The van der Waals surface area contributed by atoms with E-state index in [0.29, 0.717) is 4.88 Å². The van der Waals surface area contributed by atoms with Crippen molar-refractivity contribution < 1.29 is 9.90 Å². The van der Waals surface area contributed by atoms with Gasteiger partial charge in [0.05, 0.1) is 0 Å². The number of allylic oxidation sites excluding steroid dienone is 1. The molecule has 0 radical (unpaired) electrons. The lowest BCUT2D eigenvalue weighted by molar-refractivity contribution is 0.0702. The molecule has 0 amide bonds. The smallest absolute Gasteiger partial charge is 0.346 e. The number of carboxylic acid groups (broad SMARTS) is 1. The molecule has 3 heteroatoms. The van der Waals surface area contributed by atoms with Crippen molar-refractivity contribution in [3.8, 4) is 0 Å². The van der Waals surface area contributed by atoms with Crippen molar-refractivity contribution in [1.29, 1.82) is 0 Å². The van der Waals surface area contributed by atoms with E-state index in [1.165, 1.54) is 11.3 Å². The lowest BCUT2D eigenvalue weighted by atomic mass is 10.0. The van der Waals surface area contributed by atoms with Crippen LogP contribution >= 0.6 is 11.3 Å². The molecule has 2 nitrogen and oxygen atoms in total. The van der Waals surface area contributed by atoms with E-state index in [0.717, 1.165) is 27.6 Å². The Hall–Kier alpha value is -1.61. The Morgan fingerprint density at radius 1 is 1.44 bits per heavy atom. The molecule has 0 aliphatic heterocycles. The van der Waals surface area contributed by atoms with Gasteiger partial charge in [-0.05, 0) is 18.1 Å². The highest BCUT2D eigenvalue weighted by Crippen LogP contribution is 2.36. The fourth-order valence-electron chi connectivity index (χ4n) is 1.72. The van der Waals surface area contributed by atoms with Crippen LogP contribution in [0.3, 0.4) is 0 Å². The van der Waals surface area contributed by atoms with Gasteiger partial charge in [-0.3, -0.25) is 0 Å². The molecule has 1 N–H and O–H groups in total. The molecule has 2 rings (SSSR count). The number of hydrogen-bond acceptors (Lipinski definition) is 2. The van der Waals surface area contributed by atoms with Crippen LogP contribution in [-0.4, -0.2) is 11.1 Å². The molecule has 82 valence electrons. The number of carbonyl (C=O) groups is 1. The number of fused-ring (bicyclic) bond motifs is 1. The van der Waals surface area contributed by atoms with E-state index in [2.05, 4.69) is 6.58 Å². The average Bonchev–Trinajstić information content (AvgIpc) is 2.67. The van der Waals surface area contributed by atoms with Crippen LogP contribution in [-0.2, 0) is 0 Å². The molecule has 0 saturated carbocycles. The monoisotopic (exact) mass is 232 g/mol. The molecule has 0 saturated heterocycles. The average molecular weight is 232 g/mol. The van der Waals surface area contributed by atoms with Crippen LogP contribution in [0.2, 0.25) is 0 Å². The maximum Gasteiger partial charge on any atom is 0.346 e. The first-order chi connectivity index (χ1) is 7.65. The van der Waals surface area contributed by atoms with Gasteiger partial charge in [0, 0.05) is 15.6 Å². The van der Waals surface area contributed by atoms with Gasteiger partial charge in [0.1, 0.15) is 4.88 Å². The second-order valence-electron chi connectivity index (χ2n) is 3.56. The van der Waals surface area contributed by atoms with Crippen molar-refractivity contribution in [2.75, 3.05) is 0 Å². The minimum absolute atomic E-state index is 0.396. The van der Waals surface area contributed by atoms with Crippen LogP contribution in [0.1, 0.15) is 28.6 Å². The van der Waals surface area contributed by atoms with Crippen LogP contribution in [0.4, 0.5) is 0 Å². The lowest BCUT2D eigenvalue weighted by Gasteiger charge is -2.02. The van der Waals surface area contributed by atoms with Gasteiger partial charge >= 0.3 is 5.97 Å². The number of aromatic carboxylic acids is 1. The van der Waals surface area contributed by atoms with E-state index in [4.69, 9.17) is 0 Å². The first kappa shape index (κ1) is 10.9. The van der Waals surface area contributed by atoms with Gasteiger partial charge in [-0.1, -0.05) is 31.7 Å². The highest BCUT2D eigenvalue weighted by atomic mass is 32.1. The Bertz CT molecular complexity index is 566. The maximum absolute atomic E-state index is 11.2.